The van der Waals surface area contributed by atoms with Crippen LogP contribution in [0.5, 0.6) is 0 Å². The second-order valence-electron chi connectivity index (χ2n) is 4.87. The lowest BCUT2D eigenvalue weighted by molar-refractivity contribution is 0.0576. The maximum atomic E-state index is 6.03. The molecule has 0 spiro atoms. The van der Waals surface area contributed by atoms with Crippen molar-refractivity contribution in [2.45, 2.75) is 18.2 Å². The molecule has 0 radical (unpaired) electrons. The zero-order chi connectivity index (χ0) is 13.0. The lowest BCUT2D eigenvalue weighted by Gasteiger charge is -2.29. The number of hydrogen-bond donors (Lipinski definition) is 0. The molecule has 0 aliphatic carbocycles. The third-order valence-electron chi connectivity index (χ3n) is 3.38. The maximum absolute atomic E-state index is 6.03. The van der Waals surface area contributed by atoms with Gasteiger partial charge in [-0.15, -0.1) is 0 Å². The summed E-state index contributed by atoms with van der Waals surface area (Å²) in [5, 5.41) is 1.62. The van der Waals surface area contributed by atoms with Crippen molar-refractivity contribution >= 4 is 33.2 Å². The molecule has 18 heavy (non-hydrogen) atoms. The van der Waals surface area contributed by atoms with Gasteiger partial charge in [-0.3, -0.25) is 0 Å². The lowest BCUT2D eigenvalue weighted by Crippen LogP contribution is -2.31. The van der Waals surface area contributed by atoms with E-state index < -0.39 is 0 Å². The molecule has 2 rings (SSSR count). The summed E-state index contributed by atoms with van der Waals surface area (Å²) < 4.78 is 5.54. The van der Waals surface area contributed by atoms with Crippen LogP contribution in [0, 0.1) is 5.92 Å². The van der Waals surface area contributed by atoms with Crippen molar-refractivity contribution in [3.63, 3.8) is 0 Å². The van der Waals surface area contributed by atoms with E-state index in [-0.39, 0.29) is 0 Å². The summed E-state index contributed by atoms with van der Waals surface area (Å²) in [6.07, 6.45) is 2.45. The van der Waals surface area contributed by atoms with E-state index in [9.17, 15) is 0 Å². The third kappa shape index (κ3) is 3.62. The van der Waals surface area contributed by atoms with Crippen molar-refractivity contribution in [2.24, 2.45) is 5.92 Å². The van der Waals surface area contributed by atoms with Gasteiger partial charge in [-0.2, -0.15) is 0 Å². The van der Waals surface area contributed by atoms with Gasteiger partial charge in [-0.05, 0) is 42.5 Å². The van der Waals surface area contributed by atoms with Gasteiger partial charge < -0.3 is 9.64 Å². The van der Waals surface area contributed by atoms with E-state index in [1.54, 1.807) is 0 Å². The van der Waals surface area contributed by atoms with E-state index >= 15 is 0 Å². The van der Waals surface area contributed by atoms with Crippen LogP contribution in [0.2, 0.25) is 5.02 Å². The Labute approximate surface area is 122 Å². The Kier molecular flexibility index (Phi) is 5.34. The molecule has 1 unspecified atom stereocenters. The Hall–Kier alpha value is -0.250. The number of ether oxygens (including phenoxy) is 1. The van der Waals surface area contributed by atoms with Gasteiger partial charge in [0.1, 0.15) is 0 Å². The molecular formula is C14H19BrClNO. The molecule has 0 bridgehead atoms. The first-order chi connectivity index (χ1) is 8.70. The van der Waals surface area contributed by atoms with E-state index in [0.717, 1.165) is 30.1 Å². The average molecular weight is 333 g/mol. The molecule has 1 aliphatic heterocycles. The Balaban J connectivity index is 2.05. The summed E-state index contributed by atoms with van der Waals surface area (Å²) in [4.78, 5) is 2.31. The van der Waals surface area contributed by atoms with Gasteiger partial charge >= 0.3 is 0 Å². The summed E-state index contributed by atoms with van der Waals surface area (Å²) in [5.74, 6) is 0.641. The highest BCUT2D eigenvalue weighted by atomic mass is 79.9. The molecule has 1 atom stereocenters. The van der Waals surface area contributed by atoms with Gasteiger partial charge in [0.05, 0.1) is 6.61 Å². The Morgan fingerprint density at radius 3 is 3.00 bits per heavy atom. The summed E-state index contributed by atoms with van der Waals surface area (Å²) in [6.45, 7) is 2.86. The van der Waals surface area contributed by atoms with Crippen LogP contribution in [0.3, 0.4) is 0 Å². The average Bonchev–Trinajstić information content (AvgIpc) is 2.39. The molecule has 1 aromatic carbocycles. The van der Waals surface area contributed by atoms with Crippen LogP contribution in [0.15, 0.2) is 18.2 Å². The minimum atomic E-state index is 0.641. The molecule has 0 N–H and O–H groups in total. The topological polar surface area (TPSA) is 12.5 Å². The predicted octanol–water partition coefficient (Wildman–Crippen LogP) is 4.10. The van der Waals surface area contributed by atoms with E-state index in [2.05, 4.69) is 33.9 Å². The fourth-order valence-electron chi connectivity index (χ4n) is 2.47. The molecular weight excluding hydrogens is 314 g/mol. The molecule has 0 saturated carbocycles. The minimum absolute atomic E-state index is 0.641. The predicted molar refractivity (Wildman–Crippen MR) is 80.9 cm³/mol. The lowest BCUT2D eigenvalue weighted by atomic mass is 10.0. The highest BCUT2D eigenvalue weighted by molar-refractivity contribution is 9.08. The molecule has 1 saturated heterocycles. The van der Waals surface area contributed by atoms with Crippen LogP contribution < -0.4 is 4.90 Å². The summed E-state index contributed by atoms with van der Waals surface area (Å²) >= 11 is 9.56. The SMILES string of the molecule is CN(CC1CCCOC1)c1ccc(Cl)cc1CBr. The van der Waals surface area contributed by atoms with Crippen molar-refractivity contribution in [1.29, 1.82) is 0 Å². The van der Waals surface area contributed by atoms with E-state index in [1.807, 2.05) is 12.1 Å². The smallest absolute Gasteiger partial charge is 0.0511 e. The standard InChI is InChI=1S/C14H19BrClNO/c1-17(9-11-3-2-6-18-10-11)14-5-4-13(16)7-12(14)8-15/h4-5,7,11H,2-3,6,8-10H2,1H3. The first-order valence-corrected chi connectivity index (χ1v) is 7.84. The number of nitrogens with zero attached hydrogens (tertiary/aromatic N) is 1. The molecule has 4 heteroatoms. The number of hydrogen-bond acceptors (Lipinski definition) is 2. The number of halogens is 2. The monoisotopic (exact) mass is 331 g/mol. The number of anilines is 1. The molecule has 100 valence electrons. The largest absolute Gasteiger partial charge is 0.381 e. The first-order valence-electron chi connectivity index (χ1n) is 6.34. The fourth-order valence-corrected chi connectivity index (χ4v) is 3.11. The van der Waals surface area contributed by atoms with Crippen LogP contribution in [-0.4, -0.2) is 26.8 Å². The van der Waals surface area contributed by atoms with Crippen LogP contribution >= 0.6 is 27.5 Å². The molecule has 1 fully saturated rings. The van der Waals surface area contributed by atoms with Crippen LogP contribution in [-0.2, 0) is 10.1 Å². The van der Waals surface area contributed by atoms with Crippen molar-refractivity contribution in [2.75, 3.05) is 31.7 Å². The van der Waals surface area contributed by atoms with Gasteiger partial charge in [0.15, 0.2) is 0 Å². The molecule has 1 heterocycles. The Morgan fingerprint density at radius 2 is 2.33 bits per heavy atom. The van der Waals surface area contributed by atoms with Gasteiger partial charge in [0, 0.05) is 36.2 Å². The highest BCUT2D eigenvalue weighted by Gasteiger charge is 2.17. The van der Waals surface area contributed by atoms with E-state index in [4.69, 9.17) is 16.3 Å². The maximum Gasteiger partial charge on any atom is 0.0511 e. The van der Waals surface area contributed by atoms with E-state index in [1.165, 1.54) is 24.1 Å². The minimum Gasteiger partial charge on any atom is -0.381 e. The molecule has 0 amide bonds. The van der Waals surface area contributed by atoms with Crippen molar-refractivity contribution in [1.82, 2.24) is 0 Å². The van der Waals surface area contributed by atoms with Crippen molar-refractivity contribution in [3.8, 4) is 0 Å². The molecule has 1 aromatic rings. The zero-order valence-electron chi connectivity index (χ0n) is 10.7. The zero-order valence-corrected chi connectivity index (χ0v) is 13.0. The second kappa shape index (κ2) is 6.78. The second-order valence-corrected chi connectivity index (χ2v) is 5.87. The van der Waals surface area contributed by atoms with Crippen LogP contribution in [0.4, 0.5) is 5.69 Å². The van der Waals surface area contributed by atoms with Crippen LogP contribution in [0.1, 0.15) is 18.4 Å². The van der Waals surface area contributed by atoms with Gasteiger partial charge in [-0.25, -0.2) is 0 Å². The van der Waals surface area contributed by atoms with Gasteiger partial charge in [0.2, 0.25) is 0 Å². The number of alkyl halides is 1. The summed E-state index contributed by atoms with van der Waals surface area (Å²) in [6, 6.07) is 6.08. The van der Waals surface area contributed by atoms with Gasteiger partial charge in [0.25, 0.3) is 0 Å². The summed E-state index contributed by atoms with van der Waals surface area (Å²) in [5.41, 5.74) is 2.49. The van der Waals surface area contributed by atoms with Crippen molar-refractivity contribution < 1.29 is 4.74 Å². The van der Waals surface area contributed by atoms with Gasteiger partial charge in [-0.1, -0.05) is 27.5 Å². The normalized spacial score (nSPS) is 19.8. The molecule has 1 aliphatic rings. The van der Waals surface area contributed by atoms with Crippen molar-refractivity contribution in [3.05, 3.63) is 28.8 Å². The first kappa shape index (κ1) is 14.2. The molecule has 0 aromatic heterocycles. The van der Waals surface area contributed by atoms with Crippen LogP contribution in [0.25, 0.3) is 0 Å². The quantitative estimate of drug-likeness (QED) is 0.770. The molecule has 2 nitrogen and oxygen atoms in total. The number of benzene rings is 1. The Morgan fingerprint density at radius 1 is 1.50 bits per heavy atom. The third-order valence-corrected chi connectivity index (χ3v) is 4.22. The fraction of sp³-hybridized carbons (Fsp3) is 0.571. The summed E-state index contributed by atoms with van der Waals surface area (Å²) in [7, 11) is 2.14. The number of rotatable bonds is 4. The van der Waals surface area contributed by atoms with E-state index in [0.29, 0.717) is 5.92 Å². The Bertz CT molecular complexity index is 393. The highest BCUT2D eigenvalue weighted by Crippen LogP contribution is 2.27.